The molecule has 0 saturated heterocycles. The third-order valence-electron chi connectivity index (χ3n) is 3.05. The molecule has 0 heterocycles. The number of carboxylic acids is 1. The summed E-state index contributed by atoms with van der Waals surface area (Å²) in [5.74, 6) is -0.0980. The Morgan fingerprint density at radius 1 is 1.23 bits per heavy atom. The van der Waals surface area contributed by atoms with E-state index in [1.807, 2.05) is 43.3 Å². The largest absolute Gasteiger partial charge is 0.494 e. The highest BCUT2D eigenvalue weighted by Gasteiger charge is 2.21. The molecule has 0 aliphatic heterocycles. The molecule has 0 fully saturated rings. The fourth-order valence-electron chi connectivity index (χ4n) is 2.03. The predicted molar refractivity (Wildman–Crippen MR) is 90.0 cm³/mol. The molecule has 2 rings (SSSR count). The highest BCUT2D eigenvalue weighted by Crippen LogP contribution is 2.29. The van der Waals surface area contributed by atoms with Gasteiger partial charge in [-0.3, -0.25) is 4.79 Å². The van der Waals surface area contributed by atoms with E-state index in [0.717, 1.165) is 16.2 Å². The number of rotatable bonds is 7. The van der Waals surface area contributed by atoms with E-state index in [0.29, 0.717) is 18.1 Å². The van der Waals surface area contributed by atoms with Crippen molar-refractivity contribution in [2.45, 2.75) is 23.5 Å². The summed E-state index contributed by atoms with van der Waals surface area (Å²) in [6.07, 6.45) is 0.402. The predicted octanol–water partition coefficient (Wildman–Crippen LogP) is 4.53. The molecule has 22 heavy (non-hydrogen) atoms. The molecule has 0 amide bonds. The van der Waals surface area contributed by atoms with Crippen LogP contribution >= 0.6 is 23.4 Å². The van der Waals surface area contributed by atoms with Crippen LogP contribution in [0.25, 0.3) is 0 Å². The Bertz CT molecular complexity index is 628. The Balaban J connectivity index is 2.15. The van der Waals surface area contributed by atoms with Crippen LogP contribution in [-0.2, 0) is 11.2 Å². The zero-order valence-electron chi connectivity index (χ0n) is 12.2. The number of thioether (sulfide) groups is 1. The molecule has 1 atom stereocenters. The van der Waals surface area contributed by atoms with E-state index in [2.05, 4.69) is 0 Å². The van der Waals surface area contributed by atoms with Gasteiger partial charge in [0.15, 0.2) is 0 Å². The van der Waals surface area contributed by atoms with Gasteiger partial charge < -0.3 is 9.84 Å². The molecule has 0 spiro atoms. The molecular weight excluding hydrogens is 320 g/mol. The number of aliphatic carboxylic acids is 1. The van der Waals surface area contributed by atoms with Gasteiger partial charge in [0.25, 0.3) is 0 Å². The quantitative estimate of drug-likeness (QED) is 0.755. The maximum Gasteiger partial charge on any atom is 0.317 e. The third kappa shape index (κ3) is 4.68. The van der Waals surface area contributed by atoms with Gasteiger partial charge in [0.05, 0.1) is 6.61 Å². The van der Waals surface area contributed by atoms with Crippen molar-refractivity contribution in [1.82, 2.24) is 0 Å². The summed E-state index contributed by atoms with van der Waals surface area (Å²) in [6.45, 7) is 2.47. The molecule has 0 aromatic heterocycles. The molecule has 0 aliphatic rings. The van der Waals surface area contributed by atoms with Gasteiger partial charge in [0.2, 0.25) is 0 Å². The van der Waals surface area contributed by atoms with Crippen LogP contribution < -0.4 is 4.74 Å². The van der Waals surface area contributed by atoms with Crippen LogP contribution in [0, 0.1) is 0 Å². The first-order valence-corrected chi connectivity index (χ1v) is 8.21. The summed E-state index contributed by atoms with van der Waals surface area (Å²) in [6, 6.07) is 14.7. The zero-order valence-corrected chi connectivity index (χ0v) is 13.7. The lowest BCUT2D eigenvalue weighted by Gasteiger charge is -2.15. The van der Waals surface area contributed by atoms with E-state index in [1.54, 1.807) is 12.1 Å². The van der Waals surface area contributed by atoms with Gasteiger partial charge in [0.1, 0.15) is 11.0 Å². The first kappa shape index (κ1) is 16.7. The van der Waals surface area contributed by atoms with Crippen molar-refractivity contribution in [3.05, 3.63) is 59.1 Å². The van der Waals surface area contributed by atoms with Crippen LogP contribution in [0.3, 0.4) is 0 Å². The van der Waals surface area contributed by atoms with Gasteiger partial charge in [-0.25, -0.2) is 0 Å². The normalized spacial score (nSPS) is 11.9. The minimum Gasteiger partial charge on any atom is -0.494 e. The first-order valence-electron chi connectivity index (χ1n) is 6.96. The highest BCUT2D eigenvalue weighted by molar-refractivity contribution is 8.00. The number of ether oxygens (including phenoxy) is 1. The standard InChI is InChI=1S/C17H17ClO3S/c1-2-21-15-6-4-3-5-12(15)11-16(17(19)20)22-14-9-7-13(18)8-10-14/h3-10,16H,2,11H2,1H3,(H,19,20)/t16-/m0/s1. The molecule has 2 aromatic carbocycles. The molecule has 0 saturated carbocycles. The number of para-hydroxylation sites is 1. The van der Waals surface area contributed by atoms with Gasteiger partial charge in [-0.05, 0) is 49.2 Å². The van der Waals surface area contributed by atoms with Crippen molar-refractivity contribution in [1.29, 1.82) is 0 Å². The number of halogens is 1. The Morgan fingerprint density at radius 2 is 1.91 bits per heavy atom. The number of hydrogen-bond acceptors (Lipinski definition) is 3. The summed E-state index contributed by atoms with van der Waals surface area (Å²) >= 11 is 7.17. The minimum atomic E-state index is -0.841. The fraction of sp³-hybridized carbons (Fsp3) is 0.235. The van der Waals surface area contributed by atoms with Crippen LogP contribution in [0.2, 0.25) is 5.02 Å². The molecule has 1 N–H and O–H groups in total. The second kappa shape index (κ2) is 8.11. The Labute approximate surface area is 139 Å². The van der Waals surface area contributed by atoms with Gasteiger partial charge in [0, 0.05) is 9.92 Å². The van der Waals surface area contributed by atoms with Crippen molar-refractivity contribution >= 4 is 29.3 Å². The van der Waals surface area contributed by atoms with Crippen LogP contribution in [0.15, 0.2) is 53.4 Å². The SMILES string of the molecule is CCOc1ccccc1C[C@H](Sc1ccc(Cl)cc1)C(=O)O. The van der Waals surface area contributed by atoms with Crippen molar-refractivity contribution in [2.75, 3.05) is 6.61 Å². The maximum atomic E-state index is 11.6. The van der Waals surface area contributed by atoms with Gasteiger partial charge in [-0.2, -0.15) is 0 Å². The fourth-order valence-corrected chi connectivity index (χ4v) is 3.14. The van der Waals surface area contributed by atoms with Crippen LogP contribution in [0.4, 0.5) is 0 Å². The molecular formula is C17H17ClO3S. The molecule has 0 radical (unpaired) electrons. The lowest BCUT2D eigenvalue weighted by molar-refractivity contribution is -0.136. The molecule has 2 aromatic rings. The van der Waals surface area contributed by atoms with Crippen molar-refractivity contribution in [3.8, 4) is 5.75 Å². The third-order valence-corrected chi connectivity index (χ3v) is 4.49. The summed E-state index contributed by atoms with van der Waals surface area (Å²) in [7, 11) is 0. The lowest BCUT2D eigenvalue weighted by atomic mass is 10.1. The van der Waals surface area contributed by atoms with E-state index >= 15 is 0 Å². The van der Waals surface area contributed by atoms with E-state index in [1.165, 1.54) is 11.8 Å². The zero-order chi connectivity index (χ0) is 15.9. The number of carboxylic acid groups (broad SMARTS) is 1. The highest BCUT2D eigenvalue weighted by atomic mass is 35.5. The Kier molecular flexibility index (Phi) is 6.16. The Hall–Kier alpha value is -1.65. The lowest BCUT2D eigenvalue weighted by Crippen LogP contribution is -2.19. The second-order valence-electron chi connectivity index (χ2n) is 4.64. The minimum absolute atomic E-state index is 0.402. The van der Waals surface area contributed by atoms with E-state index in [9.17, 15) is 9.90 Å². The first-order chi connectivity index (χ1) is 10.6. The average molecular weight is 337 g/mol. The molecule has 0 aliphatic carbocycles. The molecule has 5 heteroatoms. The van der Waals surface area contributed by atoms with Gasteiger partial charge in [-0.15, -0.1) is 11.8 Å². The summed E-state index contributed by atoms with van der Waals surface area (Å²) in [5, 5.41) is 9.54. The van der Waals surface area contributed by atoms with Crippen LogP contribution in [0.5, 0.6) is 5.75 Å². The Morgan fingerprint density at radius 3 is 2.55 bits per heavy atom. The average Bonchev–Trinajstić information content (AvgIpc) is 2.50. The van der Waals surface area contributed by atoms with E-state index < -0.39 is 11.2 Å². The number of benzene rings is 2. The van der Waals surface area contributed by atoms with Crippen molar-refractivity contribution < 1.29 is 14.6 Å². The molecule has 0 bridgehead atoms. The summed E-state index contributed by atoms with van der Waals surface area (Å²) < 4.78 is 5.56. The van der Waals surface area contributed by atoms with Crippen molar-refractivity contribution in [2.24, 2.45) is 0 Å². The maximum absolute atomic E-state index is 11.6. The molecule has 116 valence electrons. The van der Waals surface area contributed by atoms with E-state index in [4.69, 9.17) is 16.3 Å². The number of carbonyl (C=O) groups is 1. The van der Waals surface area contributed by atoms with Crippen molar-refractivity contribution in [3.63, 3.8) is 0 Å². The molecule has 3 nitrogen and oxygen atoms in total. The summed E-state index contributed by atoms with van der Waals surface area (Å²) in [4.78, 5) is 12.4. The summed E-state index contributed by atoms with van der Waals surface area (Å²) in [5.41, 5.74) is 0.901. The topological polar surface area (TPSA) is 46.5 Å². The van der Waals surface area contributed by atoms with Crippen LogP contribution in [-0.4, -0.2) is 22.9 Å². The smallest absolute Gasteiger partial charge is 0.317 e. The monoisotopic (exact) mass is 336 g/mol. The number of hydrogen-bond donors (Lipinski definition) is 1. The second-order valence-corrected chi connectivity index (χ2v) is 6.36. The van der Waals surface area contributed by atoms with Crippen LogP contribution in [0.1, 0.15) is 12.5 Å². The van der Waals surface area contributed by atoms with E-state index in [-0.39, 0.29) is 0 Å². The van der Waals surface area contributed by atoms with Gasteiger partial charge in [-0.1, -0.05) is 29.8 Å². The van der Waals surface area contributed by atoms with Gasteiger partial charge >= 0.3 is 5.97 Å². The molecule has 0 unspecified atom stereocenters.